The van der Waals surface area contributed by atoms with Crippen LogP contribution in [0.15, 0.2) is 10.5 Å². The lowest BCUT2D eigenvalue weighted by atomic mass is 10.3. The molecule has 0 aliphatic heterocycles. The van der Waals surface area contributed by atoms with E-state index < -0.39 is 0 Å². The third-order valence-corrected chi connectivity index (χ3v) is 2.66. The van der Waals surface area contributed by atoms with Gasteiger partial charge < -0.3 is 4.57 Å². The normalized spacial score (nSPS) is 10.3. The molecule has 0 aromatic carbocycles. The van der Waals surface area contributed by atoms with Crippen LogP contribution in [0.5, 0.6) is 0 Å². The maximum atomic E-state index is 8.81. The lowest BCUT2D eigenvalue weighted by Gasteiger charge is -2.11. The number of nitriles is 1. The van der Waals surface area contributed by atoms with E-state index in [4.69, 9.17) is 5.26 Å². The highest BCUT2D eigenvalue weighted by atomic mass is 79.9. The van der Waals surface area contributed by atoms with E-state index >= 15 is 0 Å². The van der Waals surface area contributed by atoms with E-state index in [1.807, 2.05) is 17.6 Å². The molecule has 2 nitrogen and oxygen atoms in total. The number of halogens is 1. The Kier molecular flexibility index (Phi) is 2.58. The summed E-state index contributed by atoms with van der Waals surface area (Å²) in [6.45, 7) is 6.14. The largest absolute Gasteiger partial charge is 0.333 e. The summed E-state index contributed by atoms with van der Waals surface area (Å²) < 4.78 is 3.03. The van der Waals surface area contributed by atoms with Crippen molar-refractivity contribution in [3.63, 3.8) is 0 Å². The zero-order chi connectivity index (χ0) is 9.30. The van der Waals surface area contributed by atoms with E-state index in [0.29, 0.717) is 6.04 Å². The van der Waals surface area contributed by atoms with E-state index in [1.54, 1.807) is 0 Å². The quantitative estimate of drug-likeness (QED) is 0.724. The van der Waals surface area contributed by atoms with Gasteiger partial charge in [-0.05, 0) is 42.8 Å². The lowest BCUT2D eigenvalue weighted by molar-refractivity contribution is 0.582. The first-order valence-corrected chi connectivity index (χ1v) is 4.64. The van der Waals surface area contributed by atoms with E-state index in [0.717, 1.165) is 15.9 Å². The van der Waals surface area contributed by atoms with Gasteiger partial charge in [0.25, 0.3) is 0 Å². The Hall–Kier alpha value is -0.750. The van der Waals surface area contributed by atoms with Gasteiger partial charge in [-0.25, -0.2) is 0 Å². The monoisotopic (exact) mass is 226 g/mol. The van der Waals surface area contributed by atoms with Gasteiger partial charge >= 0.3 is 0 Å². The first kappa shape index (κ1) is 9.34. The maximum absolute atomic E-state index is 8.81. The minimum Gasteiger partial charge on any atom is -0.333 e. The molecule has 0 aliphatic rings. The number of hydrogen-bond acceptors (Lipinski definition) is 1. The van der Waals surface area contributed by atoms with Crippen molar-refractivity contribution < 1.29 is 0 Å². The Labute approximate surface area is 80.9 Å². The SMILES string of the molecule is Cc1c(Br)cc(C#N)n1C(C)C. The lowest BCUT2D eigenvalue weighted by Crippen LogP contribution is -2.04. The second-order valence-electron chi connectivity index (χ2n) is 3.04. The molecule has 0 saturated heterocycles. The van der Waals surface area contributed by atoms with Crippen LogP contribution in [0.2, 0.25) is 0 Å². The highest BCUT2D eigenvalue weighted by Gasteiger charge is 2.11. The smallest absolute Gasteiger partial charge is 0.121 e. The molecule has 0 bridgehead atoms. The fourth-order valence-corrected chi connectivity index (χ4v) is 1.75. The molecular formula is C9H11BrN2. The van der Waals surface area contributed by atoms with Crippen LogP contribution in [0, 0.1) is 18.3 Å². The highest BCUT2D eigenvalue weighted by molar-refractivity contribution is 9.10. The molecule has 0 atom stereocenters. The summed E-state index contributed by atoms with van der Waals surface area (Å²) in [5.74, 6) is 0. The zero-order valence-corrected chi connectivity index (χ0v) is 9.01. The second kappa shape index (κ2) is 3.32. The van der Waals surface area contributed by atoms with Gasteiger partial charge in [0.05, 0.1) is 0 Å². The third-order valence-electron chi connectivity index (χ3n) is 1.86. The van der Waals surface area contributed by atoms with Gasteiger partial charge in [0.1, 0.15) is 11.8 Å². The fourth-order valence-electron chi connectivity index (χ4n) is 1.34. The van der Waals surface area contributed by atoms with Gasteiger partial charge in [0.15, 0.2) is 0 Å². The van der Waals surface area contributed by atoms with E-state index in [9.17, 15) is 0 Å². The molecule has 12 heavy (non-hydrogen) atoms. The summed E-state index contributed by atoms with van der Waals surface area (Å²) in [5.41, 5.74) is 1.83. The van der Waals surface area contributed by atoms with Crippen LogP contribution in [-0.4, -0.2) is 4.57 Å². The van der Waals surface area contributed by atoms with Gasteiger partial charge in [-0.1, -0.05) is 0 Å². The standard InChI is InChI=1S/C9H11BrN2/c1-6(2)12-7(3)9(10)4-8(12)5-11/h4,6H,1-3H3. The average Bonchev–Trinajstić information content (AvgIpc) is 2.28. The van der Waals surface area contributed by atoms with Gasteiger partial charge in [0, 0.05) is 16.2 Å². The van der Waals surface area contributed by atoms with Crippen molar-refractivity contribution in [1.82, 2.24) is 4.57 Å². The van der Waals surface area contributed by atoms with Crippen molar-refractivity contribution in [3.05, 3.63) is 21.9 Å². The van der Waals surface area contributed by atoms with E-state index in [1.165, 1.54) is 0 Å². The maximum Gasteiger partial charge on any atom is 0.121 e. The van der Waals surface area contributed by atoms with Crippen molar-refractivity contribution in [1.29, 1.82) is 5.26 Å². The topological polar surface area (TPSA) is 28.7 Å². The Bertz CT molecular complexity index is 331. The minimum absolute atomic E-state index is 0.339. The van der Waals surface area contributed by atoms with Crippen molar-refractivity contribution in [2.24, 2.45) is 0 Å². The van der Waals surface area contributed by atoms with Crippen molar-refractivity contribution in [2.75, 3.05) is 0 Å². The van der Waals surface area contributed by atoms with Crippen LogP contribution < -0.4 is 0 Å². The number of nitrogens with zero attached hydrogens (tertiary/aromatic N) is 2. The molecule has 0 unspecified atom stereocenters. The second-order valence-corrected chi connectivity index (χ2v) is 3.89. The van der Waals surface area contributed by atoms with Crippen LogP contribution >= 0.6 is 15.9 Å². The Morgan fingerprint density at radius 1 is 1.58 bits per heavy atom. The van der Waals surface area contributed by atoms with Crippen molar-refractivity contribution >= 4 is 15.9 Å². The molecule has 0 N–H and O–H groups in total. The molecule has 0 amide bonds. The molecule has 1 aromatic heterocycles. The molecule has 64 valence electrons. The summed E-state index contributed by atoms with van der Waals surface area (Å²) >= 11 is 3.40. The first-order valence-electron chi connectivity index (χ1n) is 3.85. The molecule has 1 aromatic rings. The molecule has 3 heteroatoms. The van der Waals surface area contributed by atoms with Gasteiger partial charge in [-0.2, -0.15) is 5.26 Å². The molecule has 1 heterocycles. The van der Waals surface area contributed by atoms with Gasteiger partial charge in [-0.3, -0.25) is 0 Å². The predicted molar refractivity (Wildman–Crippen MR) is 52.0 cm³/mol. The van der Waals surface area contributed by atoms with Crippen LogP contribution in [0.3, 0.4) is 0 Å². The Morgan fingerprint density at radius 2 is 2.17 bits per heavy atom. The first-order chi connectivity index (χ1) is 5.57. The molecule has 0 aliphatic carbocycles. The molecular weight excluding hydrogens is 216 g/mol. The number of aromatic nitrogens is 1. The van der Waals surface area contributed by atoms with Crippen molar-refractivity contribution in [2.45, 2.75) is 26.8 Å². The van der Waals surface area contributed by atoms with Crippen LogP contribution in [0.4, 0.5) is 0 Å². The van der Waals surface area contributed by atoms with Crippen LogP contribution in [0.25, 0.3) is 0 Å². The highest BCUT2D eigenvalue weighted by Crippen LogP contribution is 2.24. The molecule has 0 spiro atoms. The summed E-state index contributed by atoms with van der Waals surface area (Å²) in [6.07, 6.45) is 0. The zero-order valence-electron chi connectivity index (χ0n) is 7.43. The van der Waals surface area contributed by atoms with Crippen LogP contribution in [0.1, 0.15) is 31.3 Å². The van der Waals surface area contributed by atoms with Crippen molar-refractivity contribution in [3.8, 4) is 6.07 Å². The summed E-state index contributed by atoms with van der Waals surface area (Å²) in [6, 6.07) is 4.37. The minimum atomic E-state index is 0.339. The predicted octanol–water partition coefficient (Wildman–Crippen LogP) is 3.01. The van der Waals surface area contributed by atoms with E-state index in [2.05, 4.69) is 35.8 Å². The summed E-state index contributed by atoms with van der Waals surface area (Å²) in [5, 5.41) is 8.81. The molecule has 0 radical (unpaired) electrons. The third kappa shape index (κ3) is 1.39. The Morgan fingerprint density at radius 3 is 2.50 bits per heavy atom. The fraction of sp³-hybridized carbons (Fsp3) is 0.444. The van der Waals surface area contributed by atoms with Gasteiger partial charge in [-0.15, -0.1) is 0 Å². The molecule has 0 saturated carbocycles. The van der Waals surface area contributed by atoms with Gasteiger partial charge in [0.2, 0.25) is 0 Å². The number of hydrogen-bond donors (Lipinski definition) is 0. The number of rotatable bonds is 1. The Balaban J connectivity index is 3.34. The summed E-state index contributed by atoms with van der Waals surface area (Å²) in [7, 11) is 0. The molecule has 1 rings (SSSR count). The van der Waals surface area contributed by atoms with E-state index in [-0.39, 0.29) is 0 Å². The average molecular weight is 227 g/mol. The summed E-state index contributed by atoms with van der Waals surface area (Å²) in [4.78, 5) is 0. The molecule has 0 fully saturated rings. The van der Waals surface area contributed by atoms with Crippen LogP contribution in [-0.2, 0) is 0 Å².